The quantitative estimate of drug-likeness (QED) is 0.140. The SMILES string of the molecule is C=CC(=O)OCc1cc(COC(=O)C=C)cc(OCC(C)COc2cc(COC(=O)C=C)cc(COC(=O)C=C)c2)c1. The molecule has 0 N–H and O–H groups in total. The van der Waals surface area contributed by atoms with Crippen LogP contribution in [0.25, 0.3) is 0 Å². The van der Waals surface area contributed by atoms with Crippen molar-refractivity contribution in [3.63, 3.8) is 0 Å². The molecule has 0 saturated heterocycles. The van der Waals surface area contributed by atoms with Gasteiger partial charge in [-0.1, -0.05) is 33.2 Å². The van der Waals surface area contributed by atoms with Gasteiger partial charge >= 0.3 is 23.9 Å². The summed E-state index contributed by atoms with van der Waals surface area (Å²) in [4.78, 5) is 46.0. The van der Waals surface area contributed by atoms with E-state index in [4.69, 9.17) is 28.4 Å². The second-order valence-electron chi connectivity index (χ2n) is 8.94. The van der Waals surface area contributed by atoms with E-state index in [1.165, 1.54) is 0 Å². The Morgan fingerprint density at radius 2 is 0.810 bits per heavy atom. The van der Waals surface area contributed by atoms with Gasteiger partial charge in [-0.2, -0.15) is 0 Å². The molecule has 0 amide bonds. The molecule has 10 nitrogen and oxygen atoms in total. The average Bonchev–Trinajstić information content (AvgIpc) is 3.01. The lowest BCUT2D eigenvalue weighted by Gasteiger charge is -2.17. The topological polar surface area (TPSA) is 124 Å². The summed E-state index contributed by atoms with van der Waals surface area (Å²) in [6.07, 6.45) is 4.26. The van der Waals surface area contributed by atoms with Crippen LogP contribution in [0.4, 0.5) is 0 Å². The predicted molar refractivity (Wildman–Crippen MR) is 153 cm³/mol. The lowest BCUT2D eigenvalue weighted by atomic mass is 10.1. The summed E-state index contributed by atoms with van der Waals surface area (Å²) in [6, 6.07) is 10.3. The maximum absolute atomic E-state index is 11.5. The fourth-order valence-electron chi connectivity index (χ4n) is 3.34. The zero-order valence-electron chi connectivity index (χ0n) is 23.5. The lowest BCUT2D eigenvalue weighted by Crippen LogP contribution is -2.17. The first-order chi connectivity index (χ1) is 20.1. The maximum Gasteiger partial charge on any atom is 0.330 e. The van der Waals surface area contributed by atoms with E-state index >= 15 is 0 Å². The molecule has 0 bridgehead atoms. The van der Waals surface area contributed by atoms with E-state index in [1.807, 2.05) is 6.92 Å². The Kier molecular flexibility index (Phi) is 13.8. The van der Waals surface area contributed by atoms with E-state index < -0.39 is 23.9 Å². The molecular weight excluding hydrogens is 544 g/mol. The molecule has 42 heavy (non-hydrogen) atoms. The van der Waals surface area contributed by atoms with Crippen LogP contribution in [-0.2, 0) is 64.6 Å². The molecule has 0 aromatic heterocycles. The molecule has 222 valence electrons. The molecule has 2 aromatic carbocycles. The summed E-state index contributed by atoms with van der Waals surface area (Å²) in [5.74, 6) is -1.41. The first kappa shape index (κ1) is 33.1. The molecule has 0 radical (unpaired) electrons. The first-order valence-electron chi connectivity index (χ1n) is 12.8. The average molecular weight is 579 g/mol. The Balaban J connectivity index is 2.07. The van der Waals surface area contributed by atoms with Crippen LogP contribution in [0.2, 0.25) is 0 Å². The zero-order valence-corrected chi connectivity index (χ0v) is 23.5. The van der Waals surface area contributed by atoms with Crippen molar-refractivity contribution in [2.75, 3.05) is 13.2 Å². The van der Waals surface area contributed by atoms with Crippen molar-refractivity contribution in [3.05, 3.63) is 109 Å². The van der Waals surface area contributed by atoms with Gasteiger partial charge < -0.3 is 28.4 Å². The van der Waals surface area contributed by atoms with Gasteiger partial charge in [-0.15, -0.1) is 0 Å². The molecule has 0 fully saturated rings. The minimum absolute atomic E-state index is 0.0218. The van der Waals surface area contributed by atoms with Gasteiger partial charge in [0.25, 0.3) is 0 Å². The highest BCUT2D eigenvalue weighted by molar-refractivity contribution is 5.82. The van der Waals surface area contributed by atoms with Gasteiger partial charge in [0, 0.05) is 30.2 Å². The van der Waals surface area contributed by atoms with Crippen molar-refractivity contribution in [2.24, 2.45) is 5.92 Å². The number of carbonyl (C=O) groups is 4. The molecule has 0 aliphatic carbocycles. The molecule has 0 spiro atoms. The number of rotatable bonds is 18. The van der Waals surface area contributed by atoms with Crippen LogP contribution >= 0.6 is 0 Å². The van der Waals surface area contributed by atoms with E-state index in [0.29, 0.717) is 33.8 Å². The molecule has 0 atom stereocenters. The maximum atomic E-state index is 11.5. The summed E-state index contributed by atoms with van der Waals surface area (Å²) in [7, 11) is 0. The highest BCUT2D eigenvalue weighted by Crippen LogP contribution is 2.22. The highest BCUT2D eigenvalue weighted by atomic mass is 16.5. The molecule has 0 heterocycles. The largest absolute Gasteiger partial charge is 0.493 e. The van der Waals surface area contributed by atoms with Crippen LogP contribution in [0.15, 0.2) is 87.0 Å². The lowest BCUT2D eigenvalue weighted by molar-refractivity contribution is -0.140. The van der Waals surface area contributed by atoms with Crippen molar-refractivity contribution in [3.8, 4) is 11.5 Å². The van der Waals surface area contributed by atoms with Crippen molar-refractivity contribution < 1.29 is 47.6 Å². The van der Waals surface area contributed by atoms with Gasteiger partial charge in [-0.3, -0.25) is 0 Å². The number of benzene rings is 2. The molecule has 0 unspecified atom stereocenters. The molecule has 0 aliphatic heterocycles. The summed E-state index contributed by atoms with van der Waals surface area (Å²) < 4.78 is 32.4. The summed E-state index contributed by atoms with van der Waals surface area (Å²) in [5.41, 5.74) is 2.54. The number of ether oxygens (including phenoxy) is 6. The van der Waals surface area contributed by atoms with E-state index in [9.17, 15) is 19.2 Å². The number of hydrogen-bond acceptors (Lipinski definition) is 10. The molecular formula is C32H34O10. The molecule has 0 saturated carbocycles. The molecule has 2 rings (SSSR count). The van der Waals surface area contributed by atoms with Gasteiger partial charge in [0.1, 0.15) is 37.9 Å². The van der Waals surface area contributed by atoms with E-state index in [1.54, 1.807) is 36.4 Å². The van der Waals surface area contributed by atoms with Crippen LogP contribution in [0.3, 0.4) is 0 Å². The fourth-order valence-corrected chi connectivity index (χ4v) is 3.34. The summed E-state index contributed by atoms with van der Waals surface area (Å²) in [6.45, 7) is 15.9. The second-order valence-corrected chi connectivity index (χ2v) is 8.94. The minimum atomic E-state index is -0.573. The second kappa shape index (κ2) is 17.5. The Hall–Kier alpha value is -5.12. The molecule has 10 heteroatoms. The third-order valence-corrected chi connectivity index (χ3v) is 5.31. The third kappa shape index (κ3) is 12.4. The Bertz CT molecular complexity index is 1130. The van der Waals surface area contributed by atoms with Crippen LogP contribution in [-0.4, -0.2) is 37.1 Å². The van der Waals surface area contributed by atoms with Crippen LogP contribution < -0.4 is 9.47 Å². The van der Waals surface area contributed by atoms with E-state index in [2.05, 4.69) is 26.3 Å². The number of esters is 4. The molecule has 2 aromatic rings. The standard InChI is InChI=1S/C32H34O10/c1-6-29(33)39-18-23-10-24(19-40-30(34)7-2)13-27(12-23)37-16-22(5)17-38-28-14-25(20-41-31(35)8-3)11-26(15-28)21-42-32(36)9-4/h6-15,22H,1-4,16-21H2,5H3. The van der Waals surface area contributed by atoms with Gasteiger partial charge in [0.15, 0.2) is 0 Å². The molecule has 0 aliphatic rings. The van der Waals surface area contributed by atoms with Crippen LogP contribution in [0, 0.1) is 5.92 Å². The summed E-state index contributed by atoms with van der Waals surface area (Å²) in [5, 5.41) is 0. The number of carbonyl (C=O) groups excluding carboxylic acids is 4. The van der Waals surface area contributed by atoms with Gasteiger partial charge in [-0.25, -0.2) is 19.2 Å². The Labute approximate surface area is 244 Å². The van der Waals surface area contributed by atoms with Crippen LogP contribution in [0.1, 0.15) is 29.2 Å². The van der Waals surface area contributed by atoms with Gasteiger partial charge in [0.2, 0.25) is 0 Å². The third-order valence-electron chi connectivity index (χ3n) is 5.31. The summed E-state index contributed by atoms with van der Waals surface area (Å²) >= 11 is 0. The Morgan fingerprint density at radius 1 is 0.548 bits per heavy atom. The normalized spacial score (nSPS) is 10.1. The Morgan fingerprint density at radius 3 is 1.05 bits per heavy atom. The van der Waals surface area contributed by atoms with E-state index in [-0.39, 0.29) is 45.6 Å². The van der Waals surface area contributed by atoms with Gasteiger partial charge in [-0.05, 0) is 58.7 Å². The van der Waals surface area contributed by atoms with Crippen molar-refractivity contribution in [1.82, 2.24) is 0 Å². The number of hydrogen-bond donors (Lipinski definition) is 0. The van der Waals surface area contributed by atoms with Gasteiger partial charge in [0.05, 0.1) is 13.2 Å². The van der Waals surface area contributed by atoms with E-state index in [0.717, 1.165) is 24.3 Å². The monoisotopic (exact) mass is 578 g/mol. The minimum Gasteiger partial charge on any atom is -0.493 e. The zero-order chi connectivity index (χ0) is 30.9. The predicted octanol–water partition coefficient (Wildman–Crippen LogP) is 4.70. The fraction of sp³-hybridized carbons (Fsp3) is 0.250. The smallest absolute Gasteiger partial charge is 0.330 e. The van der Waals surface area contributed by atoms with Crippen molar-refractivity contribution in [1.29, 1.82) is 0 Å². The first-order valence-corrected chi connectivity index (χ1v) is 12.8. The highest BCUT2D eigenvalue weighted by Gasteiger charge is 2.11. The van der Waals surface area contributed by atoms with Crippen molar-refractivity contribution in [2.45, 2.75) is 33.4 Å². The van der Waals surface area contributed by atoms with Crippen molar-refractivity contribution >= 4 is 23.9 Å². The van der Waals surface area contributed by atoms with Crippen LogP contribution in [0.5, 0.6) is 11.5 Å².